The molecule has 0 spiro atoms. The molecule has 0 bridgehead atoms. The highest BCUT2D eigenvalue weighted by atomic mass is 35.5. The van der Waals surface area contributed by atoms with Crippen molar-refractivity contribution < 1.29 is 27.5 Å². The number of halogens is 4. The molecule has 0 saturated carbocycles. The number of nitrogens with one attached hydrogen (secondary N) is 2. The highest BCUT2D eigenvalue weighted by Gasteiger charge is 2.31. The molecule has 2 amide bonds. The van der Waals surface area contributed by atoms with Gasteiger partial charge < -0.3 is 15.4 Å². The normalized spacial score (nSPS) is 15.8. The summed E-state index contributed by atoms with van der Waals surface area (Å²) in [5.74, 6) is -1.15. The van der Waals surface area contributed by atoms with Crippen molar-refractivity contribution in [3.05, 3.63) is 28.8 Å². The topological polar surface area (TPSA) is 67.4 Å². The number of alkyl halides is 3. The summed E-state index contributed by atoms with van der Waals surface area (Å²) in [4.78, 5) is 23.7. The van der Waals surface area contributed by atoms with Crippen LogP contribution in [0.4, 0.5) is 18.9 Å². The van der Waals surface area contributed by atoms with Crippen molar-refractivity contribution in [1.29, 1.82) is 0 Å². The molecule has 1 aliphatic rings. The zero-order valence-corrected chi connectivity index (χ0v) is 13.3. The van der Waals surface area contributed by atoms with Gasteiger partial charge in [-0.05, 0) is 31.0 Å². The molecule has 2 rings (SSSR count). The van der Waals surface area contributed by atoms with Gasteiger partial charge in [-0.3, -0.25) is 9.59 Å². The maximum absolute atomic E-state index is 12.7. The molecule has 1 aromatic rings. The maximum atomic E-state index is 12.7. The van der Waals surface area contributed by atoms with Crippen LogP contribution >= 0.6 is 11.6 Å². The van der Waals surface area contributed by atoms with Gasteiger partial charge in [0.25, 0.3) is 0 Å². The van der Waals surface area contributed by atoms with E-state index in [1.165, 1.54) is 0 Å². The lowest BCUT2D eigenvalue weighted by atomic mass is 9.99. The Balaban J connectivity index is 1.91. The van der Waals surface area contributed by atoms with E-state index in [0.29, 0.717) is 26.1 Å². The predicted molar refractivity (Wildman–Crippen MR) is 81.6 cm³/mol. The molecule has 1 aliphatic heterocycles. The molecule has 9 heteroatoms. The molecule has 1 aromatic carbocycles. The SMILES string of the molecule is O=C(CNC(=O)C1CCOCC1)Nc1cc(C(F)(F)F)ccc1Cl. The van der Waals surface area contributed by atoms with Crippen LogP contribution in [0.2, 0.25) is 5.02 Å². The number of anilines is 1. The van der Waals surface area contributed by atoms with Crippen molar-refractivity contribution in [1.82, 2.24) is 5.32 Å². The van der Waals surface area contributed by atoms with Gasteiger partial charge >= 0.3 is 6.18 Å². The maximum Gasteiger partial charge on any atom is 0.416 e. The highest BCUT2D eigenvalue weighted by molar-refractivity contribution is 6.33. The van der Waals surface area contributed by atoms with Crippen molar-refractivity contribution in [3.8, 4) is 0 Å². The Morgan fingerprint density at radius 2 is 1.92 bits per heavy atom. The van der Waals surface area contributed by atoms with Gasteiger partial charge in [0.05, 0.1) is 22.8 Å². The Hall–Kier alpha value is -1.80. The number of ether oxygens (including phenoxy) is 1. The monoisotopic (exact) mass is 364 g/mol. The molecule has 1 heterocycles. The third kappa shape index (κ3) is 5.10. The van der Waals surface area contributed by atoms with Gasteiger partial charge in [0.2, 0.25) is 11.8 Å². The summed E-state index contributed by atoms with van der Waals surface area (Å²) in [6.45, 7) is 0.636. The third-order valence-electron chi connectivity index (χ3n) is 3.58. The standard InChI is InChI=1S/C15H16ClF3N2O3/c16-11-2-1-10(15(17,18)19)7-12(11)21-13(22)8-20-14(23)9-3-5-24-6-4-9/h1-2,7,9H,3-6,8H2,(H,20,23)(H,21,22). The molecular formula is C15H16ClF3N2O3. The molecule has 0 aliphatic carbocycles. The molecule has 1 saturated heterocycles. The van der Waals surface area contributed by atoms with Crippen molar-refractivity contribution in [2.75, 3.05) is 25.1 Å². The first-order valence-electron chi connectivity index (χ1n) is 7.29. The smallest absolute Gasteiger partial charge is 0.381 e. The summed E-state index contributed by atoms with van der Waals surface area (Å²) in [5, 5.41) is 4.71. The van der Waals surface area contributed by atoms with Crippen molar-refractivity contribution >= 4 is 29.1 Å². The van der Waals surface area contributed by atoms with E-state index in [0.717, 1.165) is 18.2 Å². The van der Waals surface area contributed by atoms with E-state index in [9.17, 15) is 22.8 Å². The Bertz CT molecular complexity index is 616. The Labute approximate surface area is 141 Å². The number of carbonyl (C=O) groups excluding carboxylic acids is 2. The van der Waals surface area contributed by atoms with E-state index >= 15 is 0 Å². The van der Waals surface area contributed by atoms with Gasteiger partial charge in [0.1, 0.15) is 0 Å². The zero-order valence-electron chi connectivity index (χ0n) is 12.6. The van der Waals surface area contributed by atoms with Gasteiger partial charge in [-0.2, -0.15) is 13.2 Å². The lowest BCUT2D eigenvalue weighted by molar-refractivity contribution is -0.137. The first-order chi connectivity index (χ1) is 11.3. The van der Waals surface area contributed by atoms with E-state index in [-0.39, 0.29) is 29.1 Å². The van der Waals surface area contributed by atoms with Crippen LogP contribution in [0.5, 0.6) is 0 Å². The summed E-state index contributed by atoms with van der Waals surface area (Å²) in [7, 11) is 0. The average molecular weight is 365 g/mol. The number of carbonyl (C=O) groups is 2. The number of amides is 2. The molecule has 0 aromatic heterocycles. The van der Waals surface area contributed by atoms with Crippen molar-refractivity contribution in [2.24, 2.45) is 5.92 Å². The summed E-state index contributed by atoms with van der Waals surface area (Å²) in [5.41, 5.74) is -1.08. The van der Waals surface area contributed by atoms with Gasteiger partial charge in [0, 0.05) is 19.1 Å². The van der Waals surface area contributed by atoms with E-state index in [2.05, 4.69) is 10.6 Å². The quantitative estimate of drug-likeness (QED) is 0.863. The molecule has 24 heavy (non-hydrogen) atoms. The Morgan fingerprint density at radius 1 is 1.25 bits per heavy atom. The van der Waals surface area contributed by atoms with Crippen molar-refractivity contribution in [3.63, 3.8) is 0 Å². The molecule has 0 radical (unpaired) electrons. The number of rotatable bonds is 4. The summed E-state index contributed by atoms with van der Waals surface area (Å²) in [6.07, 6.45) is -3.39. The second kappa shape index (κ2) is 7.85. The summed E-state index contributed by atoms with van der Waals surface area (Å²) < 4.78 is 43.2. The minimum atomic E-state index is -4.54. The van der Waals surface area contributed by atoms with Gasteiger partial charge in [-0.1, -0.05) is 11.6 Å². The van der Waals surface area contributed by atoms with E-state index in [1.807, 2.05) is 0 Å². The van der Waals surface area contributed by atoms with Crippen molar-refractivity contribution in [2.45, 2.75) is 19.0 Å². The number of hydrogen-bond donors (Lipinski definition) is 2. The molecule has 132 valence electrons. The first kappa shape index (κ1) is 18.5. The molecule has 2 N–H and O–H groups in total. The number of hydrogen-bond acceptors (Lipinski definition) is 3. The lowest BCUT2D eigenvalue weighted by Crippen LogP contribution is -2.38. The van der Waals surface area contributed by atoms with Crippen LogP contribution in [0.25, 0.3) is 0 Å². The fourth-order valence-electron chi connectivity index (χ4n) is 2.26. The molecule has 5 nitrogen and oxygen atoms in total. The van der Waals surface area contributed by atoms with Crippen LogP contribution < -0.4 is 10.6 Å². The predicted octanol–water partition coefficient (Wildman–Crippen LogP) is 2.84. The largest absolute Gasteiger partial charge is 0.416 e. The highest BCUT2D eigenvalue weighted by Crippen LogP contribution is 2.33. The summed E-state index contributed by atoms with van der Waals surface area (Å²) >= 11 is 5.79. The number of benzene rings is 1. The molecule has 0 unspecified atom stereocenters. The lowest BCUT2D eigenvalue weighted by Gasteiger charge is -2.21. The second-order valence-electron chi connectivity index (χ2n) is 5.35. The average Bonchev–Trinajstić information content (AvgIpc) is 2.54. The third-order valence-corrected chi connectivity index (χ3v) is 3.91. The fraction of sp³-hybridized carbons (Fsp3) is 0.467. The van der Waals surface area contributed by atoms with Gasteiger partial charge in [0.15, 0.2) is 0 Å². The minimum absolute atomic E-state index is 0.0212. The van der Waals surface area contributed by atoms with E-state index in [4.69, 9.17) is 16.3 Å². The first-order valence-corrected chi connectivity index (χ1v) is 7.67. The van der Waals surface area contributed by atoms with Crippen LogP contribution in [0, 0.1) is 5.92 Å². The van der Waals surface area contributed by atoms with Gasteiger partial charge in [-0.25, -0.2) is 0 Å². The van der Waals surface area contributed by atoms with E-state index < -0.39 is 17.6 Å². The van der Waals surface area contributed by atoms with Crippen LogP contribution in [0.3, 0.4) is 0 Å². The van der Waals surface area contributed by atoms with Gasteiger partial charge in [-0.15, -0.1) is 0 Å². The van der Waals surface area contributed by atoms with Crippen LogP contribution in [0.1, 0.15) is 18.4 Å². The van der Waals surface area contributed by atoms with Crippen LogP contribution in [0.15, 0.2) is 18.2 Å². The molecular weight excluding hydrogens is 349 g/mol. The zero-order chi connectivity index (χ0) is 17.7. The Morgan fingerprint density at radius 3 is 2.54 bits per heavy atom. The molecule has 0 atom stereocenters. The second-order valence-corrected chi connectivity index (χ2v) is 5.75. The summed E-state index contributed by atoms with van der Waals surface area (Å²) in [6, 6.07) is 2.63. The minimum Gasteiger partial charge on any atom is -0.381 e. The Kier molecular flexibility index (Phi) is 6.06. The van der Waals surface area contributed by atoms with E-state index in [1.54, 1.807) is 0 Å². The fourth-order valence-corrected chi connectivity index (χ4v) is 2.43. The van der Waals surface area contributed by atoms with Crippen LogP contribution in [-0.2, 0) is 20.5 Å². The molecule has 1 fully saturated rings. The van der Waals surface area contributed by atoms with Crippen LogP contribution in [-0.4, -0.2) is 31.6 Å².